The Hall–Kier alpha value is -0.540. The van der Waals surface area contributed by atoms with Crippen molar-refractivity contribution in [3.05, 3.63) is 28.7 Å². The van der Waals surface area contributed by atoms with Crippen molar-refractivity contribution < 1.29 is 5.11 Å². The fourth-order valence-electron chi connectivity index (χ4n) is 2.03. The Kier molecular flexibility index (Phi) is 3.08. The molecule has 1 fully saturated rings. The van der Waals surface area contributed by atoms with Crippen LogP contribution in [0, 0.1) is 0 Å². The molecule has 1 aliphatic rings. The van der Waals surface area contributed by atoms with Gasteiger partial charge >= 0.3 is 0 Å². The highest BCUT2D eigenvalue weighted by Crippen LogP contribution is 2.31. The molecule has 0 amide bonds. The number of aliphatic hydroxyl groups excluding tert-OH is 1. The Labute approximate surface area is 92.7 Å². The van der Waals surface area contributed by atoms with Gasteiger partial charge in [-0.1, -0.05) is 12.1 Å². The van der Waals surface area contributed by atoms with Crippen LogP contribution in [0.2, 0.25) is 0 Å². The molecule has 3 heteroatoms. The van der Waals surface area contributed by atoms with Crippen molar-refractivity contribution in [1.82, 2.24) is 0 Å². The van der Waals surface area contributed by atoms with E-state index < -0.39 is 0 Å². The Morgan fingerprint density at radius 3 is 2.93 bits per heavy atom. The van der Waals surface area contributed by atoms with Gasteiger partial charge in [0.2, 0.25) is 0 Å². The Bertz CT molecular complexity index is 316. The zero-order valence-corrected chi connectivity index (χ0v) is 9.57. The van der Waals surface area contributed by atoms with E-state index >= 15 is 0 Å². The van der Waals surface area contributed by atoms with Gasteiger partial charge in [-0.3, -0.25) is 0 Å². The summed E-state index contributed by atoms with van der Waals surface area (Å²) in [6, 6.07) is 8.48. The van der Waals surface area contributed by atoms with Crippen LogP contribution in [-0.4, -0.2) is 24.3 Å². The van der Waals surface area contributed by atoms with Gasteiger partial charge in [0.05, 0.1) is 18.3 Å². The monoisotopic (exact) mass is 255 g/mol. The van der Waals surface area contributed by atoms with E-state index in [0.717, 1.165) is 17.4 Å². The average molecular weight is 256 g/mol. The lowest BCUT2D eigenvalue weighted by molar-refractivity contribution is 0.266. The number of hydrogen-bond donors (Lipinski definition) is 1. The summed E-state index contributed by atoms with van der Waals surface area (Å²) < 4.78 is 1.11. The summed E-state index contributed by atoms with van der Waals surface area (Å²) in [6.07, 6.45) is 2.27. The molecule has 1 N–H and O–H groups in total. The first-order chi connectivity index (χ1) is 6.83. The molecule has 0 aliphatic carbocycles. The summed E-state index contributed by atoms with van der Waals surface area (Å²) in [5, 5.41) is 9.23. The highest BCUT2D eigenvalue weighted by molar-refractivity contribution is 9.10. The molecule has 1 unspecified atom stereocenters. The lowest BCUT2D eigenvalue weighted by Crippen LogP contribution is -2.32. The van der Waals surface area contributed by atoms with Crippen LogP contribution >= 0.6 is 15.9 Å². The van der Waals surface area contributed by atoms with E-state index in [-0.39, 0.29) is 6.61 Å². The van der Waals surface area contributed by atoms with Gasteiger partial charge in [0.25, 0.3) is 0 Å². The second kappa shape index (κ2) is 4.32. The van der Waals surface area contributed by atoms with Crippen LogP contribution in [0.5, 0.6) is 0 Å². The number of rotatable bonds is 2. The molecule has 1 saturated heterocycles. The molecular weight excluding hydrogens is 242 g/mol. The third-order valence-electron chi connectivity index (χ3n) is 2.75. The van der Waals surface area contributed by atoms with Crippen LogP contribution in [0.15, 0.2) is 28.7 Å². The van der Waals surface area contributed by atoms with Gasteiger partial charge in [-0.15, -0.1) is 0 Å². The van der Waals surface area contributed by atoms with Crippen LogP contribution in [0.1, 0.15) is 12.8 Å². The van der Waals surface area contributed by atoms with E-state index in [9.17, 15) is 5.11 Å². The minimum Gasteiger partial charge on any atom is -0.394 e. The van der Waals surface area contributed by atoms with Gasteiger partial charge in [0, 0.05) is 11.0 Å². The van der Waals surface area contributed by atoms with Crippen LogP contribution in [0.3, 0.4) is 0 Å². The summed E-state index contributed by atoms with van der Waals surface area (Å²) in [6.45, 7) is 1.30. The fraction of sp³-hybridized carbons (Fsp3) is 0.455. The molecule has 0 saturated carbocycles. The normalized spacial score (nSPS) is 21.6. The SMILES string of the molecule is OCC1CCCN1c1ccccc1Br. The fourth-order valence-corrected chi connectivity index (χ4v) is 2.54. The highest BCUT2D eigenvalue weighted by Gasteiger charge is 2.24. The summed E-state index contributed by atoms with van der Waals surface area (Å²) >= 11 is 3.54. The highest BCUT2D eigenvalue weighted by atomic mass is 79.9. The third-order valence-corrected chi connectivity index (χ3v) is 3.42. The first-order valence-corrected chi connectivity index (χ1v) is 5.74. The molecule has 0 bridgehead atoms. The topological polar surface area (TPSA) is 23.5 Å². The van der Waals surface area contributed by atoms with Crippen molar-refractivity contribution in [3.63, 3.8) is 0 Å². The van der Waals surface area contributed by atoms with Gasteiger partial charge in [0.1, 0.15) is 0 Å². The third kappa shape index (κ3) is 1.79. The van der Waals surface area contributed by atoms with Crippen LogP contribution in [0.25, 0.3) is 0 Å². The van der Waals surface area contributed by atoms with Gasteiger partial charge < -0.3 is 10.0 Å². The maximum atomic E-state index is 9.23. The molecule has 2 rings (SSSR count). The maximum Gasteiger partial charge on any atom is 0.0635 e. The lowest BCUT2D eigenvalue weighted by atomic mass is 10.2. The van der Waals surface area contributed by atoms with Crippen molar-refractivity contribution in [1.29, 1.82) is 0 Å². The number of nitrogens with zero attached hydrogens (tertiary/aromatic N) is 1. The van der Waals surface area contributed by atoms with E-state index in [0.29, 0.717) is 6.04 Å². The van der Waals surface area contributed by atoms with Crippen molar-refractivity contribution in [2.24, 2.45) is 0 Å². The van der Waals surface area contributed by atoms with Gasteiger partial charge in [0.15, 0.2) is 0 Å². The number of para-hydroxylation sites is 1. The Morgan fingerprint density at radius 2 is 2.21 bits per heavy atom. The standard InChI is InChI=1S/C11H14BrNO/c12-10-5-1-2-6-11(10)13-7-3-4-9(13)8-14/h1-2,5-6,9,14H,3-4,7-8H2. The molecule has 1 heterocycles. The van der Waals surface area contributed by atoms with Crippen LogP contribution < -0.4 is 4.90 Å². The molecule has 0 aromatic heterocycles. The van der Waals surface area contributed by atoms with E-state index in [1.807, 2.05) is 18.2 Å². The first-order valence-electron chi connectivity index (χ1n) is 4.95. The predicted molar refractivity (Wildman–Crippen MR) is 61.6 cm³/mol. The maximum absolute atomic E-state index is 9.23. The van der Waals surface area contributed by atoms with Crippen LogP contribution in [0.4, 0.5) is 5.69 Å². The van der Waals surface area contributed by atoms with Gasteiger partial charge in [-0.2, -0.15) is 0 Å². The molecule has 76 valence electrons. The molecule has 1 aromatic rings. The molecular formula is C11H14BrNO. The summed E-state index contributed by atoms with van der Waals surface area (Å²) in [4.78, 5) is 2.28. The van der Waals surface area contributed by atoms with E-state index in [1.165, 1.54) is 12.1 Å². The summed E-state index contributed by atoms with van der Waals surface area (Å²) in [7, 11) is 0. The van der Waals surface area contributed by atoms with Gasteiger partial charge in [-0.25, -0.2) is 0 Å². The first kappa shape index (κ1) is 9.99. The predicted octanol–water partition coefficient (Wildman–Crippen LogP) is 2.41. The van der Waals surface area contributed by atoms with Crippen LogP contribution in [-0.2, 0) is 0 Å². The molecule has 2 nitrogen and oxygen atoms in total. The number of benzene rings is 1. The van der Waals surface area contributed by atoms with Crippen molar-refractivity contribution >= 4 is 21.6 Å². The number of hydrogen-bond acceptors (Lipinski definition) is 2. The summed E-state index contributed by atoms with van der Waals surface area (Å²) in [5.74, 6) is 0. The molecule has 0 spiro atoms. The van der Waals surface area contributed by atoms with E-state index in [2.05, 4.69) is 26.9 Å². The van der Waals surface area contributed by atoms with Crippen molar-refractivity contribution in [2.45, 2.75) is 18.9 Å². The molecule has 14 heavy (non-hydrogen) atoms. The molecule has 1 atom stereocenters. The minimum absolute atomic E-state index is 0.251. The zero-order valence-electron chi connectivity index (χ0n) is 7.99. The Balaban J connectivity index is 2.26. The number of halogens is 1. The van der Waals surface area contributed by atoms with E-state index in [1.54, 1.807) is 0 Å². The number of anilines is 1. The second-order valence-corrected chi connectivity index (χ2v) is 4.48. The Morgan fingerprint density at radius 1 is 1.43 bits per heavy atom. The smallest absolute Gasteiger partial charge is 0.0635 e. The molecule has 1 aromatic carbocycles. The zero-order chi connectivity index (χ0) is 9.97. The second-order valence-electron chi connectivity index (χ2n) is 3.62. The molecule has 1 aliphatic heterocycles. The molecule has 0 radical (unpaired) electrons. The van der Waals surface area contributed by atoms with Gasteiger partial charge in [-0.05, 0) is 40.9 Å². The average Bonchev–Trinajstić information content (AvgIpc) is 2.66. The lowest BCUT2D eigenvalue weighted by Gasteiger charge is -2.26. The summed E-state index contributed by atoms with van der Waals surface area (Å²) in [5.41, 5.74) is 1.20. The van der Waals surface area contributed by atoms with Crippen molar-refractivity contribution in [3.8, 4) is 0 Å². The largest absolute Gasteiger partial charge is 0.394 e. The van der Waals surface area contributed by atoms with Crippen molar-refractivity contribution in [2.75, 3.05) is 18.1 Å². The minimum atomic E-state index is 0.251. The number of aliphatic hydroxyl groups is 1. The van der Waals surface area contributed by atoms with E-state index in [4.69, 9.17) is 0 Å². The quantitative estimate of drug-likeness (QED) is 0.878.